The second-order valence-corrected chi connectivity index (χ2v) is 6.46. The summed E-state index contributed by atoms with van der Waals surface area (Å²) in [6, 6.07) is 4.35. The summed E-state index contributed by atoms with van der Waals surface area (Å²) in [4.78, 5) is 0.157. The van der Waals surface area contributed by atoms with Gasteiger partial charge in [-0.05, 0) is 31.5 Å². The number of nitrogens with zero attached hydrogens (tertiary/aromatic N) is 1. The van der Waals surface area contributed by atoms with E-state index in [1.54, 1.807) is 26.0 Å². The largest absolute Gasteiger partial charge is 0.395 e. The molecule has 20 heavy (non-hydrogen) atoms. The van der Waals surface area contributed by atoms with Crippen LogP contribution in [0.25, 0.3) is 0 Å². The highest BCUT2D eigenvalue weighted by molar-refractivity contribution is 7.89. The van der Waals surface area contributed by atoms with E-state index in [4.69, 9.17) is 10.2 Å². The maximum absolute atomic E-state index is 12.5. The first-order valence-corrected chi connectivity index (χ1v) is 7.58. The summed E-state index contributed by atoms with van der Waals surface area (Å²) in [6.45, 7) is 2.80. The molecule has 0 saturated carbocycles. The maximum atomic E-state index is 12.5. The van der Waals surface area contributed by atoms with E-state index in [1.807, 2.05) is 0 Å². The van der Waals surface area contributed by atoms with Crippen LogP contribution in [0.4, 0.5) is 0 Å². The SMILES string of the molecule is Cc1ccc(C#CCO)cc1S(=O)(=O)N(C)C(C)CO. The number of aliphatic hydroxyl groups is 2. The van der Waals surface area contributed by atoms with Gasteiger partial charge in [-0.2, -0.15) is 4.31 Å². The number of sulfonamides is 1. The lowest BCUT2D eigenvalue weighted by molar-refractivity contribution is 0.214. The van der Waals surface area contributed by atoms with Gasteiger partial charge in [-0.1, -0.05) is 17.9 Å². The Morgan fingerprint density at radius 3 is 2.55 bits per heavy atom. The Kier molecular flexibility index (Phi) is 5.72. The van der Waals surface area contributed by atoms with E-state index < -0.39 is 16.1 Å². The molecular formula is C14H19NO4S. The van der Waals surface area contributed by atoms with Crippen molar-refractivity contribution in [2.75, 3.05) is 20.3 Å². The average molecular weight is 297 g/mol. The number of rotatable bonds is 4. The second-order valence-electron chi connectivity index (χ2n) is 4.49. The topological polar surface area (TPSA) is 77.8 Å². The third kappa shape index (κ3) is 3.58. The lowest BCUT2D eigenvalue weighted by Crippen LogP contribution is -2.37. The number of benzene rings is 1. The molecule has 6 heteroatoms. The Balaban J connectivity index is 3.30. The minimum absolute atomic E-state index is 0.157. The standard InChI is InChI=1S/C14H19NO4S/c1-11-6-7-13(5-4-8-16)9-14(11)20(18,19)15(3)12(2)10-17/h6-7,9,12,16-17H,8,10H2,1-3H3. The highest BCUT2D eigenvalue weighted by atomic mass is 32.2. The van der Waals surface area contributed by atoms with E-state index in [2.05, 4.69) is 11.8 Å². The summed E-state index contributed by atoms with van der Waals surface area (Å²) in [7, 11) is -2.25. The fourth-order valence-corrected chi connectivity index (χ4v) is 3.21. The smallest absolute Gasteiger partial charge is 0.243 e. The molecule has 2 N–H and O–H groups in total. The lowest BCUT2D eigenvalue weighted by atomic mass is 10.1. The molecule has 1 unspecified atom stereocenters. The third-order valence-corrected chi connectivity index (χ3v) is 5.16. The minimum atomic E-state index is -3.69. The Hall–Kier alpha value is -1.39. The van der Waals surface area contributed by atoms with Crippen LogP contribution in [0.1, 0.15) is 18.1 Å². The highest BCUT2D eigenvalue weighted by Gasteiger charge is 2.26. The molecule has 0 aromatic heterocycles. The van der Waals surface area contributed by atoms with Gasteiger partial charge in [-0.25, -0.2) is 8.42 Å². The van der Waals surface area contributed by atoms with Crippen LogP contribution in [-0.2, 0) is 10.0 Å². The van der Waals surface area contributed by atoms with E-state index in [9.17, 15) is 8.42 Å². The number of aliphatic hydroxyl groups excluding tert-OH is 2. The quantitative estimate of drug-likeness (QED) is 0.786. The highest BCUT2D eigenvalue weighted by Crippen LogP contribution is 2.21. The van der Waals surface area contributed by atoms with Crippen LogP contribution in [0, 0.1) is 18.8 Å². The molecule has 0 aliphatic carbocycles. The summed E-state index contributed by atoms with van der Waals surface area (Å²) < 4.78 is 26.1. The van der Waals surface area contributed by atoms with E-state index in [0.717, 1.165) is 4.31 Å². The van der Waals surface area contributed by atoms with Crippen LogP contribution in [-0.4, -0.2) is 49.2 Å². The first-order chi connectivity index (χ1) is 9.34. The summed E-state index contributed by atoms with van der Waals surface area (Å²) in [6.07, 6.45) is 0. The van der Waals surface area contributed by atoms with Crippen LogP contribution in [0.3, 0.4) is 0 Å². The Morgan fingerprint density at radius 2 is 2.00 bits per heavy atom. The van der Waals surface area contributed by atoms with Gasteiger partial charge in [0.05, 0.1) is 11.5 Å². The molecule has 0 heterocycles. The molecule has 0 spiro atoms. The minimum Gasteiger partial charge on any atom is -0.395 e. The molecule has 1 rings (SSSR count). The summed E-state index contributed by atoms with van der Waals surface area (Å²) >= 11 is 0. The molecule has 0 saturated heterocycles. The molecule has 5 nitrogen and oxygen atoms in total. The van der Waals surface area contributed by atoms with Gasteiger partial charge >= 0.3 is 0 Å². The average Bonchev–Trinajstić information content (AvgIpc) is 2.44. The Morgan fingerprint density at radius 1 is 1.35 bits per heavy atom. The number of aryl methyl sites for hydroxylation is 1. The molecule has 0 bridgehead atoms. The molecule has 0 aliphatic rings. The molecule has 0 amide bonds. The molecule has 1 atom stereocenters. The molecule has 1 aromatic carbocycles. The van der Waals surface area contributed by atoms with Gasteiger partial charge in [0.15, 0.2) is 0 Å². The van der Waals surface area contributed by atoms with Crippen LogP contribution in [0.15, 0.2) is 23.1 Å². The molecule has 0 radical (unpaired) electrons. The first-order valence-electron chi connectivity index (χ1n) is 6.14. The zero-order chi connectivity index (χ0) is 15.3. The van der Waals surface area contributed by atoms with Crippen LogP contribution in [0.5, 0.6) is 0 Å². The van der Waals surface area contributed by atoms with Gasteiger partial charge in [0.25, 0.3) is 0 Å². The zero-order valence-corrected chi connectivity index (χ0v) is 12.6. The van der Waals surface area contributed by atoms with E-state index in [-0.39, 0.29) is 18.1 Å². The fraction of sp³-hybridized carbons (Fsp3) is 0.429. The van der Waals surface area contributed by atoms with Gasteiger partial charge in [-0.3, -0.25) is 0 Å². The Labute approximate surface area is 119 Å². The van der Waals surface area contributed by atoms with Crippen molar-refractivity contribution in [1.29, 1.82) is 0 Å². The van der Waals surface area contributed by atoms with Crippen molar-refractivity contribution in [2.24, 2.45) is 0 Å². The number of likely N-dealkylation sites (N-methyl/N-ethyl adjacent to an activating group) is 1. The maximum Gasteiger partial charge on any atom is 0.243 e. The van der Waals surface area contributed by atoms with E-state index in [1.165, 1.54) is 13.1 Å². The second kappa shape index (κ2) is 6.86. The predicted octanol–water partition coefficient (Wildman–Crippen LogP) is 0.340. The van der Waals surface area contributed by atoms with Crippen LogP contribution in [0.2, 0.25) is 0 Å². The lowest BCUT2D eigenvalue weighted by Gasteiger charge is -2.23. The van der Waals surface area contributed by atoms with E-state index in [0.29, 0.717) is 11.1 Å². The molecule has 110 valence electrons. The summed E-state index contributed by atoms with van der Waals surface area (Å²) in [5.41, 5.74) is 1.13. The first kappa shape index (κ1) is 16.7. The van der Waals surface area contributed by atoms with Crippen molar-refractivity contribution in [1.82, 2.24) is 4.31 Å². The van der Waals surface area contributed by atoms with E-state index >= 15 is 0 Å². The van der Waals surface area contributed by atoms with Gasteiger partial charge in [0, 0.05) is 18.7 Å². The monoisotopic (exact) mass is 297 g/mol. The van der Waals surface area contributed by atoms with Gasteiger partial charge in [0.1, 0.15) is 6.61 Å². The fourth-order valence-electron chi connectivity index (χ4n) is 1.60. The van der Waals surface area contributed by atoms with Gasteiger partial charge < -0.3 is 10.2 Å². The summed E-state index contributed by atoms with van der Waals surface area (Å²) in [5, 5.41) is 17.8. The zero-order valence-electron chi connectivity index (χ0n) is 11.8. The van der Waals surface area contributed by atoms with Crippen molar-refractivity contribution >= 4 is 10.0 Å². The van der Waals surface area contributed by atoms with Crippen LogP contribution >= 0.6 is 0 Å². The molecule has 1 aromatic rings. The van der Waals surface area contributed by atoms with Crippen LogP contribution < -0.4 is 0 Å². The van der Waals surface area contributed by atoms with Gasteiger partial charge in [0.2, 0.25) is 10.0 Å². The number of hydrogen-bond donors (Lipinski definition) is 2. The molecule has 0 fully saturated rings. The molecule has 0 aliphatic heterocycles. The Bertz CT molecular complexity index is 628. The summed E-state index contributed by atoms with van der Waals surface area (Å²) in [5.74, 6) is 5.17. The van der Waals surface area contributed by atoms with Gasteiger partial charge in [-0.15, -0.1) is 0 Å². The van der Waals surface area contributed by atoms with Crippen molar-refractivity contribution in [3.05, 3.63) is 29.3 Å². The van der Waals surface area contributed by atoms with Crippen molar-refractivity contribution in [3.8, 4) is 11.8 Å². The normalized spacial score (nSPS) is 12.9. The number of hydrogen-bond acceptors (Lipinski definition) is 4. The van der Waals surface area contributed by atoms with Crippen molar-refractivity contribution in [2.45, 2.75) is 24.8 Å². The van der Waals surface area contributed by atoms with Crippen molar-refractivity contribution in [3.63, 3.8) is 0 Å². The third-order valence-electron chi connectivity index (χ3n) is 3.04. The van der Waals surface area contributed by atoms with Crippen molar-refractivity contribution < 1.29 is 18.6 Å². The predicted molar refractivity (Wildman–Crippen MR) is 76.6 cm³/mol. The molecular weight excluding hydrogens is 278 g/mol.